The first-order chi connectivity index (χ1) is 16.9. The molecule has 35 heavy (non-hydrogen) atoms. The summed E-state index contributed by atoms with van der Waals surface area (Å²) in [6, 6.07) is 2.19. The average Bonchev–Trinajstić information content (AvgIpc) is 3.76. The fourth-order valence-corrected chi connectivity index (χ4v) is 5.03. The molecule has 2 amide bonds. The number of nitrogens with one attached hydrogen (secondary N) is 3. The smallest absolute Gasteiger partial charge is 0.270 e. The Bertz CT molecular complexity index is 1230. The van der Waals surface area contributed by atoms with E-state index in [9.17, 15) is 9.59 Å². The molecule has 2 fully saturated rings. The Labute approximate surface area is 202 Å². The van der Waals surface area contributed by atoms with Crippen LogP contribution < -0.4 is 10.6 Å². The van der Waals surface area contributed by atoms with Gasteiger partial charge in [0.05, 0.1) is 17.6 Å². The van der Waals surface area contributed by atoms with E-state index in [1.165, 1.54) is 12.3 Å². The van der Waals surface area contributed by atoms with Crippen molar-refractivity contribution < 1.29 is 14.0 Å². The molecule has 0 spiro atoms. The lowest BCUT2D eigenvalue weighted by Gasteiger charge is -2.27. The summed E-state index contributed by atoms with van der Waals surface area (Å²) in [5.41, 5.74) is 2.82. The van der Waals surface area contributed by atoms with Gasteiger partial charge in [0.15, 0.2) is 5.82 Å². The topological polar surface area (TPSA) is 118 Å². The van der Waals surface area contributed by atoms with Gasteiger partial charge in [-0.1, -0.05) is 0 Å². The van der Waals surface area contributed by atoms with E-state index in [-0.39, 0.29) is 29.1 Å². The van der Waals surface area contributed by atoms with Crippen LogP contribution in [0.15, 0.2) is 24.5 Å². The summed E-state index contributed by atoms with van der Waals surface area (Å²) < 4.78 is 16.6. The van der Waals surface area contributed by atoms with Crippen molar-refractivity contribution in [3.63, 3.8) is 0 Å². The maximum atomic E-state index is 15.0. The van der Waals surface area contributed by atoms with E-state index in [0.717, 1.165) is 31.4 Å². The highest BCUT2D eigenvalue weighted by molar-refractivity contribution is 6.00. The van der Waals surface area contributed by atoms with Crippen molar-refractivity contribution in [2.24, 2.45) is 17.8 Å². The number of H-pyrrole nitrogens is 1. The Balaban J connectivity index is 1.38. The Morgan fingerprint density at radius 2 is 1.94 bits per heavy atom. The van der Waals surface area contributed by atoms with Gasteiger partial charge in [0.25, 0.3) is 5.91 Å². The number of carbonyl (C=O) groups is 2. The highest BCUT2D eigenvalue weighted by atomic mass is 19.1. The average molecular weight is 480 g/mol. The lowest BCUT2D eigenvalue weighted by Crippen LogP contribution is -2.50. The van der Waals surface area contributed by atoms with Gasteiger partial charge in [0.2, 0.25) is 5.91 Å². The Morgan fingerprint density at radius 1 is 1.23 bits per heavy atom. The molecule has 3 N–H and O–H groups in total. The fraction of sp³-hybridized carbons (Fsp3) is 0.480. The molecule has 2 aliphatic carbocycles. The molecular weight excluding hydrogens is 449 g/mol. The van der Waals surface area contributed by atoms with Crippen molar-refractivity contribution in [2.75, 3.05) is 5.32 Å². The summed E-state index contributed by atoms with van der Waals surface area (Å²) in [6.07, 6.45) is 7.25. The minimum Gasteiger partial charge on any atom is -0.339 e. The second-order valence-electron chi connectivity index (χ2n) is 9.59. The van der Waals surface area contributed by atoms with Gasteiger partial charge < -0.3 is 10.6 Å². The van der Waals surface area contributed by atoms with Crippen molar-refractivity contribution in [1.29, 1.82) is 0 Å². The molecule has 9 nitrogen and oxygen atoms in total. The number of aromatic amines is 1. The zero-order valence-electron chi connectivity index (χ0n) is 20.1. The molecule has 0 aromatic carbocycles. The number of rotatable bonds is 9. The molecule has 0 bridgehead atoms. The molecule has 2 aliphatic rings. The van der Waals surface area contributed by atoms with E-state index in [1.54, 1.807) is 30.8 Å². The van der Waals surface area contributed by atoms with Gasteiger partial charge in [0, 0.05) is 30.1 Å². The van der Waals surface area contributed by atoms with Crippen LogP contribution in [0.1, 0.15) is 54.5 Å². The largest absolute Gasteiger partial charge is 0.339 e. The van der Waals surface area contributed by atoms with Crippen LogP contribution in [0.4, 0.5) is 10.1 Å². The van der Waals surface area contributed by atoms with E-state index in [1.807, 2.05) is 6.92 Å². The Hall–Kier alpha value is -3.56. The van der Waals surface area contributed by atoms with Gasteiger partial charge in [-0.15, -0.1) is 0 Å². The predicted octanol–water partition coefficient (Wildman–Crippen LogP) is 3.62. The minimum atomic E-state index is -0.719. The minimum absolute atomic E-state index is 0.0604. The molecule has 3 heterocycles. The predicted molar refractivity (Wildman–Crippen MR) is 128 cm³/mol. The third-order valence-electron chi connectivity index (χ3n) is 7.01. The second kappa shape index (κ2) is 9.24. The van der Waals surface area contributed by atoms with E-state index in [0.29, 0.717) is 35.3 Å². The highest BCUT2D eigenvalue weighted by Gasteiger charge is 2.48. The van der Waals surface area contributed by atoms with Crippen LogP contribution in [0.5, 0.6) is 0 Å². The molecule has 1 atom stereocenters. The number of aromatic nitrogens is 5. The van der Waals surface area contributed by atoms with Gasteiger partial charge in [-0.25, -0.2) is 4.39 Å². The van der Waals surface area contributed by atoms with Gasteiger partial charge in [-0.05, 0) is 70.3 Å². The van der Waals surface area contributed by atoms with E-state index in [2.05, 4.69) is 30.9 Å². The van der Waals surface area contributed by atoms with Crippen LogP contribution in [0.25, 0.3) is 11.3 Å². The first-order valence-electron chi connectivity index (χ1n) is 12.2. The van der Waals surface area contributed by atoms with E-state index >= 15 is 4.39 Å². The summed E-state index contributed by atoms with van der Waals surface area (Å²) in [7, 11) is 0. The highest BCUT2D eigenvalue weighted by Crippen LogP contribution is 2.51. The number of hydrogen-bond donors (Lipinski definition) is 3. The standard InChI is InChI=1S/C25H30FN7O2/c1-4-33-19(9-10-28-33)24(34)30-23(21(15-5-6-15)16-7-8-16)25(35)29-17-11-18(26)22(27-12-17)20-13(2)31-32-14(20)3/h9-12,15-16,21,23H,4-8H2,1-3H3,(H,29,35)(H,30,34)(H,31,32). The van der Waals surface area contributed by atoms with Crippen molar-refractivity contribution in [3.05, 3.63) is 47.4 Å². The lowest BCUT2D eigenvalue weighted by molar-refractivity contribution is -0.119. The van der Waals surface area contributed by atoms with Gasteiger partial charge in [0.1, 0.15) is 17.4 Å². The van der Waals surface area contributed by atoms with Crippen LogP contribution in [0.3, 0.4) is 0 Å². The summed E-state index contributed by atoms with van der Waals surface area (Å²) in [5, 5.41) is 16.9. The molecule has 2 saturated carbocycles. The first-order valence-corrected chi connectivity index (χ1v) is 12.2. The van der Waals surface area contributed by atoms with Crippen LogP contribution in [0.2, 0.25) is 0 Å². The van der Waals surface area contributed by atoms with Crippen LogP contribution in [0, 0.1) is 37.4 Å². The Kier molecular flexibility index (Phi) is 6.12. The summed E-state index contributed by atoms with van der Waals surface area (Å²) >= 11 is 0. The number of halogens is 1. The monoisotopic (exact) mass is 479 g/mol. The number of hydrogen-bond acceptors (Lipinski definition) is 5. The third kappa shape index (κ3) is 4.69. The molecule has 1 unspecified atom stereocenters. The summed E-state index contributed by atoms with van der Waals surface area (Å²) in [5.74, 6) is -0.345. The third-order valence-corrected chi connectivity index (χ3v) is 7.01. The van der Waals surface area contributed by atoms with Gasteiger partial charge >= 0.3 is 0 Å². The number of carbonyl (C=O) groups excluding carboxylic acids is 2. The van der Waals surface area contributed by atoms with Crippen LogP contribution in [-0.2, 0) is 11.3 Å². The molecule has 5 rings (SSSR count). The van der Waals surface area contributed by atoms with E-state index < -0.39 is 11.9 Å². The maximum absolute atomic E-state index is 15.0. The molecule has 0 saturated heterocycles. The number of aryl methyl sites for hydroxylation is 3. The zero-order valence-corrected chi connectivity index (χ0v) is 20.1. The van der Waals surface area contributed by atoms with Crippen molar-refractivity contribution in [3.8, 4) is 11.3 Å². The fourth-order valence-electron chi connectivity index (χ4n) is 5.03. The van der Waals surface area contributed by atoms with Gasteiger partial charge in [-0.3, -0.25) is 24.4 Å². The molecule has 10 heteroatoms. The lowest BCUT2D eigenvalue weighted by atomic mass is 9.88. The molecule has 184 valence electrons. The van der Waals surface area contributed by atoms with Crippen LogP contribution >= 0.6 is 0 Å². The zero-order chi connectivity index (χ0) is 24.7. The number of anilines is 1. The van der Waals surface area contributed by atoms with Crippen molar-refractivity contribution >= 4 is 17.5 Å². The molecule has 0 aliphatic heterocycles. The molecular formula is C25H30FN7O2. The van der Waals surface area contributed by atoms with Crippen LogP contribution in [-0.4, -0.2) is 42.8 Å². The molecule has 0 radical (unpaired) electrons. The summed E-state index contributed by atoms with van der Waals surface area (Å²) in [4.78, 5) is 30.9. The number of amides is 2. The number of pyridine rings is 1. The summed E-state index contributed by atoms with van der Waals surface area (Å²) in [6.45, 7) is 6.04. The quantitative estimate of drug-likeness (QED) is 0.433. The Morgan fingerprint density at radius 3 is 2.51 bits per heavy atom. The van der Waals surface area contributed by atoms with Crippen molar-refractivity contribution in [1.82, 2.24) is 30.3 Å². The van der Waals surface area contributed by atoms with Crippen molar-refractivity contribution in [2.45, 2.75) is 59.0 Å². The van der Waals surface area contributed by atoms with E-state index in [4.69, 9.17) is 0 Å². The first kappa shape index (κ1) is 23.2. The maximum Gasteiger partial charge on any atom is 0.270 e. The molecule has 3 aromatic rings. The molecule has 3 aromatic heterocycles. The van der Waals surface area contributed by atoms with Gasteiger partial charge in [-0.2, -0.15) is 10.2 Å². The number of nitrogens with zero attached hydrogens (tertiary/aromatic N) is 4. The second-order valence-corrected chi connectivity index (χ2v) is 9.59. The normalized spacial score (nSPS) is 16.4. The SMILES string of the molecule is CCn1nccc1C(=O)NC(C(=O)Nc1cnc(-c2c(C)n[nH]c2C)c(F)c1)C(C1CC1)C1CC1.